The molecule has 2 heterocycles. The van der Waals surface area contributed by atoms with E-state index in [1.165, 1.54) is 5.56 Å². The minimum atomic E-state index is 0.476. The highest BCUT2D eigenvalue weighted by Crippen LogP contribution is 2.23. The Kier molecular flexibility index (Phi) is 9.43. The standard InChI is InChI=1S/C24H41N5O2/c1-5-25-24(26-15-20(3)29-11-9-28(4)10-12-29)27-16-22-7-6-19(2)14-23(22)31-18-21-8-13-30-17-21/h6-7,14,20-21H,5,8-13,15-18H2,1-4H3,(H2,25,26,27). The number of aryl methyl sites for hydroxylation is 1. The van der Waals surface area contributed by atoms with E-state index in [1.54, 1.807) is 0 Å². The fourth-order valence-corrected chi connectivity index (χ4v) is 3.99. The van der Waals surface area contributed by atoms with Crippen LogP contribution in [0.4, 0.5) is 0 Å². The fourth-order valence-electron chi connectivity index (χ4n) is 3.99. The summed E-state index contributed by atoms with van der Waals surface area (Å²) in [5.41, 5.74) is 2.32. The summed E-state index contributed by atoms with van der Waals surface area (Å²) in [6.45, 7) is 15.7. The number of benzene rings is 1. The van der Waals surface area contributed by atoms with Crippen LogP contribution in [0.1, 0.15) is 31.4 Å². The van der Waals surface area contributed by atoms with Crippen LogP contribution in [0.15, 0.2) is 23.2 Å². The Morgan fingerprint density at radius 2 is 2.06 bits per heavy atom. The Bertz CT molecular complexity index is 697. The summed E-state index contributed by atoms with van der Waals surface area (Å²) in [5, 5.41) is 6.91. The molecule has 174 valence electrons. The first-order chi connectivity index (χ1) is 15.0. The molecule has 0 aromatic heterocycles. The summed E-state index contributed by atoms with van der Waals surface area (Å²) in [6, 6.07) is 6.86. The van der Waals surface area contributed by atoms with E-state index < -0.39 is 0 Å². The van der Waals surface area contributed by atoms with Gasteiger partial charge in [-0.15, -0.1) is 0 Å². The molecule has 7 heteroatoms. The lowest BCUT2D eigenvalue weighted by Crippen LogP contribution is -2.52. The molecule has 31 heavy (non-hydrogen) atoms. The van der Waals surface area contributed by atoms with Crippen LogP contribution in [0, 0.1) is 12.8 Å². The second-order valence-corrected chi connectivity index (χ2v) is 8.92. The van der Waals surface area contributed by atoms with Crippen LogP contribution in [0.5, 0.6) is 5.75 Å². The number of piperazine rings is 1. The van der Waals surface area contributed by atoms with Crippen LogP contribution in [-0.2, 0) is 11.3 Å². The van der Waals surface area contributed by atoms with Gasteiger partial charge in [0.25, 0.3) is 0 Å². The largest absolute Gasteiger partial charge is 0.493 e. The first-order valence-electron chi connectivity index (χ1n) is 11.8. The average molecular weight is 432 g/mol. The van der Waals surface area contributed by atoms with Gasteiger partial charge in [-0.3, -0.25) is 4.90 Å². The number of nitrogens with one attached hydrogen (secondary N) is 2. The molecule has 0 radical (unpaired) electrons. The number of hydrogen-bond donors (Lipinski definition) is 2. The van der Waals surface area contributed by atoms with Crippen LogP contribution < -0.4 is 15.4 Å². The van der Waals surface area contributed by atoms with E-state index in [4.69, 9.17) is 14.5 Å². The summed E-state index contributed by atoms with van der Waals surface area (Å²) in [6.07, 6.45) is 1.08. The van der Waals surface area contributed by atoms with E-state index in [2.05, 4.69) is 66.5 Å². The van der Waals surface area contributed by atoms with Gasteiger partial charge in [-0.25, -0.2) is 4.99 Å². The highest BCUT2D eigenvalue weighted by atomic mass is 16.5. The third-order valence-electron chi connectivity index (χ3n) is 6.20. The highest BCUT2D eigenvalue weighted by Gasteiger charge is 2.19. The first kappa shape index (κ1) is 23.8. The van der Waals surface area contributed by atoms with E-state index in [0.717, 1.165) is 76.2 Å². The Hall–Kier alpha value is -1.83. The maximum atomic E-state index is 6.18. The molecule has 2 aliphatic rings. The van der Waals surface area contributed by atoms with E-state index in [-0.39, 0.29) is 0 Å². The van der Waals surface area contributed by atoms with Crippen molar-refractivity contribution in [2.45, 2.75) is 39.8 Å². The molecule has 0 saturated carbocycles. The number of hydrogen-bond acceptors (Lipinski definition) is 5. The molecule has 2 atom stereocenters. The van der Waals surface area contributed by atoms with Gasteiger partial charge in [-0.05, 0) is 45.9 Å². The number of ether oxygens (including phenoxy) is 2. The molecule has 0 amide bonds. The number of nitrogens with zero attached hydrogens (tertiary/aromatic N) is 3. The van der Waals surface area contributed by atoms with Crippen LogP contribution in [0.3, 0.4) is 0 Å². The zero-order chi connectivity index (χ0) is 22.1. The molecule has 2 aliphatic heterocycles. The van der Waals surface area contributed by atoms with E-state index in [1.807, 2.05) is 0 Å². The van der Waals surface area contributed by atoms with Crippen LogP contribution in [-0.4, -0.2) is 87.9 Å². The maximum Gasteiger partial charge on any atom is 0.191 e. The minimum Gasteiger partial charge on any atom is -0.493 e. The van der Waals surface area contributed by atoms with Gasteiger partial charge < -0.3 is 25.0 Å². The number of guanidine groups is 1. The SMILES string of the molecule is CCNC(=NCc1ccc(C)cc1OCC1CCOC1)NCC(C)N1CCN(C)CC1. The number of rotatable bonds is 9. The fraction of sp³-hybridized carbons (Fsp3) is 0.708. The van der Waals surface area contributed by atoms with Gasteiger partial charge in [0.05, 0.1) is 19.8 Å². The Morgan fingerprint density at radius 1 is 1.26 bits per heavy atom. The van der Waals surface area contributed by atoms with Gasteiger partial charge in [0.1, 0.15) is 5.75 Å². The van der Waals surface area contributed by atoms with Gasteiger partial charge in [-0.1, -0.05) is 12.1 Å². The summed E-state index contributed by atoms with van der Waals surface area (Å²) in [4.78, 5) is 9.79. The molecule has 2 N–H and O–H groups in total. The third kappa shape index (κ3) is 7.66. The van der Waals surface area contributed by atoms with Gasteiger partial charge in [0.2, 0.25) is 0 Å². The summed E-state index contributed by atoms with van der Waals surface area (Å²) in [5.74, 6) is 2.29. The average Bonchev–Trinajstić information content (AvgIpc) is 3.29. The van der Waals surface area contributed by atoms with Crippen molar-refractivity contribution in [3.8, 4) is 5.75 Å². The van der Waals surface area contributed by atoms with Crippen molar-refractivity contribution in [2.75, 3.05) is 66.1 Å². The summed E-state index contributed by atoms with van der Waals surface area (Å²) < 4.78 is 11.7. The predicted octanol–water partition coefficient (Wildman–Crippen LogP) is 2.10. The Balaban J connectivity index is 1.56. The maximum absolute atomic E-state index is 6.18. The van der Waals surface area contributed by atoms with Crippen molar-refractivity contribution in [1.82, 2.24) is 20.4 Å². The molecule has 1 aromatic rings. The molecule has 2 saturated heterocycles. The normalized spacial score (nSPS) is 21.8. The summed E-state index contributed by atoms with van der Waals surface area (Å²) in [7, 11) is 2.20. The molecule has 2 fully saturated rings. The lowest BCUT2D eigenvalue weighted by molar-refractivity contribution is 0.120. The molecule has 0 spiro atoms. The predicted molar refractivity (Wildman–Crippen MR) is 127 cm³/mol. The number of aliphatic imine (C=N–C) groups is 1. The number of likely N-dealkylation sites (N-methyl/N-ethyl adjacent to an activating group) is 1. The molecule has 7 nitrogen and oxygen atoms in total. The van der Waals surface area contributed by atoms with Crippen molar-refractivity contribution in [1.29, 1.82) is 0 Å². The van der Waals surface area contributed by atoms with Crippen molar-refractivity contribution < 1.29 is 9.47 Å². The molecule has 2 unspecified atom stereocenters. The zero-order valence-electron chi connectivity index (χ0n) is 19.8. The van der Waals surface area contributed by atoms with Crippen LogP contribution in [0.2, 0.25) is 0 Å². The second-order valence-electron chi connectivity index (χ2n) is 8.92. The van der Waals surface area contributed by atoms with Gasteiger partial charge in [0, 0.05) is 63.4 Å². The van der Waals surface area contributed by atoms with E-state index >= 15 is 0 Å². The molecular formula is C24H41N5O2. The quantitative estimate of drug-likeness (QED) is 0.461. The van der Waals surface area contributed by atoms with Crippen molar-refractivity contribution in [3.63, 3.8) is 0 Å². The van der Waals surface area contributed by atoms with Crippen molar-refractivity contribution in [2.24, 2.45) is 10.9 Å². The highest BCUT2D eigenvalue weighted by molar-refractivity contribution is 5.79. The zero-order valence-corrected chi connectivity index (χ0v) is 19.8. The molecule has 1 aromatic carbocycles. The van der Waals surface area contributed by atoms with E-state index in [0.29, 0.717) is 25.1 Å². The minimum absolute atomic E-state index is 0.476. The molecule has 0 aliphatic carbocycles. The van der Waals surface area contributed by atoms with E-state index in [9.17, 15) is 0 Å². The lowest BCUT2D eigenvalue weighted by Gasteiger charge is -2.36. The molecule has 0 bridgehead atoms. The Morgan fingerprint density at radius 3 is 2.77 bits per heavy atom. The topological polar surface area (TPSA) is 61.4 Å². The van der Waals surface area contributed by atoms with Gasteiger partial charge in [-0.2, -0.15) is 0 Å². The molecular weight excluding hydrogens is 390 g/mol. The first-order valence-corrected chi connectivity index (χ1v) is 11.8. The lowest BCUT2D eigenvalue weighted by atomic mass is 10.1. The van der Waals surface area contributed by atoms with Gasteiger partial charge in [0.15, 0.2) is 5.96 Å². The Labute approximate surface area is 188 Å². The van der Waals surface area contributed by atoms with Gasteiger partial charge >= 0.3 is 0 Å². The summed E-state index contributed by atoms with van der Waals surface area (Å²) >= 11 is 0. The van der Waals surface area contributed by atoms with Crippen LogP contribution in [0.25, 0.3) is 0 Å². The monoisotopic (exact) mass is 431 g/mol. The second kappa shape index (κ2) is 12.3. The van der Waals surface area contributed by atoms with Crippen molar-refractivity contribution in [3.05, 3.63) is 29.3 Å². The third-order valence-corrected chi connectivity index (χ3v) is 6.20. The van der Waals surface area contributed by atoms with Crippen LogP contribution >= 0.6 is 0 Å². The molecule has 3 rings (SSSR count). The van der Waals surface area contributed by atoms with Crippen molar-refractivity contribution >= 4 is 5.96 Å². The smallest absolute Gasteiger partial charge is 0.191 e.